The first kappa shape index (κ1) is 14.7. The standard InChI is InChI=1S/C13H14N4O4/c14-8-10-7-11(17(20)21)1-2-12(10)16-5-3-15(4-6-16)9-13(18)19/h1-2,7H,3-6,9H2,(H,18,19). The molecule has 0 bridgehead atoms. The molecule has 1 aromatic carbocycles. The average molecular weight is 290 g/mol. The van der Waals surface area contributed by atoms with Crippen molar-refractivity contribution in [1.29, 1.82) is 5.26 Å². The van der Waals surface area contributed by atoms with Gasteiger partial charge in [-0.1, -0.05) is 0 Å². The molecule has 1 aliphatic rings. The van der Waals surface area contributed by atoms with Gasteiger partial charge in [-0.25, -0.2) is 0 Å². The monoisotopic (exact) mass is 290 g/mol. The Bertz CT molecular complexity index is 603. The maximum absolute atomic E-state index is 10.7. The molecule has 1 N–H and O–H groups in total. The molecule has 8 heteroatoms. The molecule has 1 fully saturated rings. The Kier molecular flexibility index (Phi) is 4.35. The van der Waals surface area contributed by atoms with Gasteiger partial charge in [0.25, 0.3) is 5.69 Å². The normalized spacial score (nSPS) is 15.5. The van der Waals surface area contributed by atoms with E-state index in [0.717, 1.165) is 0 Å². The first-order valence-electron chi connectivity index (χ1n) is 6.39. The first-order valence-corrected chi connectivity index (χ1v) is 6.39. The van der Waals surface area contributed by atoms with Crippen molar-refractivity contribution in [3.8, 4) is 6.07 Å². The maximum atomic E-state index is 10.7. The number of non-ortho nitro benzene ring substituents is 1. The molecule has 110 valence electrons. The minimum Gasteiger partial charge on any atom is -0.480 e. The van der Waals surface area contributed by atoms with Gasteiger partial charge in [0, 0.05) is 38.3 Å². The number of hydrogen-bond acceptors (Lipinski definition) is 6. The SMILES string of the molecule is N#Cc1cc([N+](=O)[O-])ccc1N1CCN(CC(=O)O)CC1. The summed E-state index contributed by atoms with van der Waals surface area (Å²) in [6, 6.07) is 6.19. The summed E-state index contributed by atoms with van der Waals surface area (Å²) in [6.45, 7) is 2.32. The highest BCUT2D eigenvalue weighted by Crippen LogP contribution is 2.25. The fourth-order valence-electron chi connectivity index (χ4n) is 2.34. The second kappa shape index (κ2) is 6.19. The van der Waals surface area contributed by atoms with E-state index in [1.807, 2.05) is 15.9 Å². The fourth-order valence-corrected chi connectivity index (χ4v) is 2.34. The fraction of sp³-hybridized carbons (Fsp3) is 0.385. The Morgan fingerprint density at radius 1 is 1.38 bits per heavy atom. The predicted molar refractivity (Wildman–Crippen MR) is 74.1 cm³/mol. The number of anilines is 1. The zero-order chi connectivity index (χ0) is 15.4. The van der Waals surface area contributed by atoms with Gasteiger partial charge in [-0.05, 0) is 6.07 Å². The number of nitriles is 1. The maximum Gasteiger partial charge on any atom is 0.317 e. The van der Waals surface area contributed by atoms with Crippen molar-refractivity contribution in [2.75, 3.05) is 37.6 Å². The van der Waals surface area contributed by atoms with E-state index in [4.69, 9.17) is 10.4 Å². The summed E-state index contributed by atoms with van der Waals surface area (Å²) in [5.41, 5.74) is 0.800. The van der Waals surface area contributed by atoms with E-state index in [-0.39, 0.29) is 17.8 Å². The number of carboxylic acid groups (broad SMARTS) is 1. The molecule has 0 aromatic heterocycles. The zero-order valence-electron chi connectivity index (χ0n) is 11.2. The number of hydrogen-bond donors (Lipinski definition) is 1. The van der Waals surface area contributed by atoms with E-state index in [1.54, 1.807) is 6.07 Å². The number of carboxylic acids is 1. The van der Waals surface area contributed by atoms with E-state index in [2.05, 4.69) is 0 Å². The molecule has 1 aromatic rings. The van der Waals surface area contributed by atoms with Gasteiger partial charge in [0.15, 0.2) is 0 Å². The van der Waals surface area contributed by atoms with Crippen LogP contribution in [0.3, 0.4) is 0 Å². The number of nitro groups is 1. The van der Waals surface area contributed by atoms with Crippen molar-refractivity contribution >= 4 is 17.3 Å². The third-order valence-electron chi connectivity index (χ3n) is 3.38. The Morgan fingerprint density at radius 2 is 2.05 bits per heavy atom. The lowest BCUT2D eigenvalue weighted by molar-refractivity contribution is -0.384. The molecule has 8 nitrogen and oxygen atoms in total. The minimum absolute atomic E-state index is 0.000785. The topological polar surface area (TPSA) is 111 Å². The molecule has 21 heavy (non-hydrogen) atoms. The molecular weight excluding hydrogens is 276 g/mol. The van der Waals surface area contributed by atoms with Gasteiger partial charge in [-0.2, -0.15) is 5.26 Å². The summed E-state index contributed by atoms with van der Waals surface area (Å²) in [6.07, 6.45) is 0. The van der Waals surface area contributed by atoms with Crippen LogP contribution in [0.25, 0.3) is 0 Å². The van der Waals surface area contributed by atoms with Crippen molar-refractivity contribution < 1.29 is 14.8 Å². The molecular formula is C13H14N4O4. The number of piperazine rings is 1. The van der Waals surface area contributed by atoms with Gasteiger partial charge in [-0.15, -0.1) is 0 Å². The average Bonchev–Trinajstić information content (AvgIpc) is 2.46. The summed E-state index contributed by atoms with van der Waals surface area (Å²) in [7, 11) is 0. The lowest BCUT2D eigenvalue weighted by Gasteiger charge is -2.35. The lowest BCUT2D eigenvalue weighted by atomic mass is 10.1. The minimum atomic E-state index is -0.864. The quantitative estimate of drug-likeness (QED) is 0.641. The van der Waals surface area contributed by atoms with Gasteiger partial charge in [0.05, 0.1) is 22.7 Å². The smallest absolute Gasteiger partial charge is 0.317 e. The van der Waals surface area contributed by atoms with Crippen molar-refractivity contribution in [3.63, 3.8) is 0 Å². The van der Waals surface area contributed by atoms with Crippen molar-refractivity contribution in [2.45, 2.75) is 0 Å². The van der Waals surface area contributed by atoms with Crippen LogP contribution in [-0.2, 0) is 4.79 Å². The van der Waals surface area contributed by atoms with E-state index >= 15 is 0 Å². The lowest BCUT2D eigenvalue weighted by Crippen LogP contribution is -2.48. The molecule has 1 heterocycles. The molecule has 0 amide bonds. The molecule has 1 saturated heterocycles. The van der Waals surface area contributed by atoms with Gasteiger partial charge in [0.2, 0.25) is 0 Å². The Labute approximate surface area is 121 Å². The van der Waals surface area contributed by atoms with Crippen LogP contribution in [0, 0.1) is 21.4 Å². The third kappa shape index (κ3) is 3.46. The second-order valence-electron chi connectivity index (χ2n) is 4.73. The van der Waals surface area contributed by atoms with Crippen LogP contribution in [0.2, 0.25) is 0 Å². The van der Waals surface area contributed by atoms with Crippen LogP contribution >= 0.6 is 0 Å². The van der Waals surface area contributed by atoms with Crippen molar-refractivity contribution in [1.82, 2.24) is 4.90 Å². The molecule has 0 spiro atoms. The van der Waals surface area contributed by atoms with Crippen LogP contribution in [0.4, 0.5) is 11.4 Å². The summed E-state index contributed by atoms with van der Waals surface area (Å²) in [5, 5.41) is 28.6. The van der Waals surface area contributed by atoms with Crippen LogP contribution < -0.4 is 4.90 Å². The van der Waals surface area contributed by atoms with Gasteiger partial charge in [0.1, 0.15) is 6.07 Å². The summed E-state index contributed by atoms with van der Waals surface area (Å²) in [4.78, 5) is 24.6. The number of rotatable bonds is 4. The Morgan fingerprint density at radius 3 is 2.57 bits per heavy atom. The van der Waals surface area contributed by atoms with Gasteiger partial charge in [-0.3, -0.25) is 19.8 Å². The van der Waals surface area contributed by atoms with E-state index in [1.165, 1.54) is 12.1 Å². The summed E-state index contributed by atoms with van der Waals surface area (Å²) in [5.74, 6) is -0.864. The molecule has 0 unspecified atom stereocenters. The Hall–Kier alpha value is -2.66. The molecule has 0 aliphatic carbocycles. The summed E-state index contributed by atoms with van der Waals surface area (Å²) < 4.78 is 0. The molecule has 0 radical (unpaired) electrons. The molecule has 1 aliphatic heterocycles. The largest absolute Gasteiger partial charge is 0.480 e. The van der Waals surface area contributed by atoms with Crippen molar-refractivity contribution in [2.24, 2.45) is 0 Å². The van der Waals surface area contributed by atoms with Crippen LogP contribution in [0.1, 0.15) is 5.56 Å². The van der Waals surface area contributed by atoms with E-state index < -0.39 is 10.9 Å². The van der Waals surface area contributed by atoms with Gasteiger partial charge < -0.3 is 10.0 Å². The molecule has 2 rings (SSSR count). The van der Waals surface area contributed by atoms with E-state index in [0.29, 0.717) is 31.9 Å². The van der Waals surface area contributed by atoms with E-state index in [9.17, 15) is 14.9 Å². The van der Waals surface area contributed by atoms with Crippen LogP contribution in [0.5, 0.6) is 0 Å². The summed E-state index contributed by atoms with van der Waals surface area (Å²) >= 11 is 0. The molecule has 0 atom stereocenters. The number of carbonyl (C=O) groups is 1. The predicted octanol–water partition coefficient (Wildman–Crippen LogP) is 0.673. The molecule has 0 saturated carbocycles. The zero-order valence-corrected chi connectivity index (χ0v) is 11.2. The highest BCUT2D eigenvalue weighted by molar-refractivity contribution is 5.69. The highest BCUT2D eigenvalue weighted by Gasteiger charge is 2.21. The number of nitro benzene ring substituents is 1. The number of nitrogens with zero attached hydrogens (tertiary/aromatic N) is 4. The third-order valence-corrected chi connectivity index (χ3v) is 3.38. The second-order valence-corrected chi connectivity index (χ2v) is 4.73. The first-order chi connectivity index (χ1) is 10.0. The number of aliphatic carboxylic acids is 1. The van der Waals surface area contributed by atoms with Crippen LogP contribution in [-0.4, -0.2) is 53.6 Å². The Balaban J connectivity index is 2.12. The van der Waals surface area contributed by atoms with Gasteiger partial charge >= 0.3 is 5.97 Å². The highest BCUT2D eigenvalue weighted by atomic mass is 16.6. The number of benzene rings is 1. The van der Waals surface area contributed by atoms with Crippen molar-refractivity contribution in [3.05, 3.63) is 33.9 Å². The van der Waals surface area contributed by atoms with Crippen LogP contribution in [0.15, 0.2) is 18.2 Å².